The molecular formula is C14H23N3O. The van der Waals surface area contributed by atoms with Gasteiger partial charge < -0.3 is 15.8 Å². The van der Waals surface area contributed by atoms with Crippen LogP contribution in [0.15, 0.2) is 12.3 Å². The highest BCUT2D eigenvalue weighted by atomic mass is 16.5. The van der Waals surface area contributed by atoms with E-state index in [1.165, 1.54) is 18.4 Å². The zero-order chi connectivity index (χ0) is 13.2. The van der Waals surface area contributed by atoms with E-state index in [1.807, 2.05) is 13.1 Å². The minimum atomic E-state index is -0.142. The summed E-state index contributed by atoms with van der Waals surface area (Å²) in [7, 11) is 3.77. The molecule has 1 aliphatic rings. The smallest absolute Gasteiger partial charge is 0.128 e. The molecule has 1 fully saturated rings. The minimum Gasteiger partial charge on any atom is -0.383 e. The quantitative estimate of drug-likeness (QED) is 0.858. The van der Waals surface area contributed by atoms with E-state index in [9.17, 15) is 0 Å². The van der Waals surface area contributed by atoms with Crippen LogP contribution in [0.4, 0.5) is 5.82 Å². The van der Waals surface area contributed by atoms with Crippen LogP contribution in [0, 0.1) is 6.92 Å². The van der Waals surface area contributed by atoms with E-state index in [0.29, 0.717) is 5.82 Å². The van der Waals surface area contributed by atoms with Gasteiger partial charge in [-0.1, -0.05) is 12.8 Å². The molecule has 1 atom stereocenters. The van der Waals surface area contributed by atoms with Crippen LogP contribution in [0.3, 0.4) is 0 Å². The molecule has 2 rings (SSSR count). The van der Waals surface area contributed by atoms with Crippen molar-refractivity contribution in [3.63, 3.8) is 0 Å². The number of nitrogen functional groups attached to an aromatic ring is 1. The van der Waals surface area contributed by atoms with Crippen LogP contribution in [-0.4, -0.2) is 24.7 Å². The van der Waals surface area contributed by atoms with E-state index < -0.39 is 0 Å². The second-order valence-electron chi connectivity index (χ2n) is 5.12. The number of nitrogens with zero attached hydrogens (tertiary/aromatic N) is 1. The predicted molar refractivity (Wildman–Crippen MR) is 73.4 cm³/mol. The molecule has 100 valence electrons. The third-order valence-electron chi connectivity index (χ3n) is 4.20. The number of hydrogen-bond donors (Lipinski definition) is 2. The summed E-state index contributed by atoms with van der Waals surface area (Å²) in [6.45, 7) is 2.08. The molecule has 1 saturated carbocycles. The Kier molecular flexibility index (Phi) is 3.88. The van der Waals surface area contributed by atoms with Crippen molar-refractivity contribution in [3.05, 3.63) is 23.4 Å². The lowest BCUT2D eigenvalue weighted by Gasteiger charge is -2.37. The van der Waals surface area contributed by atoms with Crippen molar-refractivity contribution in [1.29, 1.82) is 0 Å². The first-order valence-corrected chi connectivity index (χ1v) is 6.58. The van der Waals surface area contributed by atoms with Gasteiger partial charge in [0.25, 0.3) is 0 Å². The Labute approximate surface area is 109 Å². The molecule has 0 bridgehead atoms. The van der Waals surface area contributed by atoms with Gasteiger partial charge in [0.15, 0.2) is 0 Å². The van der Waals surface area contributed by atoms with Gasteiger partial charge in [-0.3, -0.25) is 0 Å². The third kappa shape index (κ3) is 2.10. The van der Waals surface area contributed by atoms with Crippen molar-refractivity contribution >= 4 is 5.82 Å². The van der Waals surface area contributed by atoms with Crippen LogP contribution >= 0.6 is 0 Å². The average Bonchev–Trinajstić information content (AvgIpc) is 2.84. The number of anilines is 1. The fourth-order valence-corrected chi connectivity index (χ4v) is 3.22. The molecule has 1 aromatic heterocycles. The lowest BCUT2D eigenvalue weighted by Crippen LogP contribution is -2.43. The highest BCUT2D eigenvalue weighted by molar-refractivity contribution is 5.47. The Hall–Kier alpha value is -1.13. The molecule has 4 heteroatoms. The van der Waals surface area contributed by atoms with Crippen LogP contribution in [-0.2, 0) is 4.74 Å². The lowest BCUT2D eigenvalue weighted by atomic mass is 9.85. The van der Waals surface area contributed by atoms with Gasteiger partial charge in [0.1, 0.15) is 5.82 Å². The first-order chi connectivity index (χ1) is 8.64. The average molecular weight is 249 g/mol. The van der Waals surface area contributed by atoms with Gasteiger partial charge in [-0.05, 0) is 38.4 Å². The Morgan fingerprint density at radius 1 is 1.44 bits per heavy atom. The number of likely N-dealkylation sites (N-methyl/N-ethyl adjacent to an activating group) is 1. The summed E-state index contributed by atoms with van der Waals surface area (Å²) in [5, 5.41) is 3.39. The summed E-state index contributed by atoms with van der Waals surface area (Å²) >= 11 is 0. The van der Waals surface area contributed by atoms with E-state index in [-0.39, 0.29) is 11.6 Å². The topological polar surface area (TPSA) is 60.2 Å². The number of nitrogens with two attached hydrogens (primary N) is 1. The lowest BCUT2D eigenvalue weighted by molar-refractivity contribution is -0.0349. The Morgan fingerprint density at radius 2 is 2.11 bits per heavy atom. The van der Waals surface area contributed by atoms with Crippen LogP contribution in [0.1, 0.15) is 42.9 Å². The Balaban J connectivity index is 2.44. The summed E-state index contributed by atoms with van der Waals surface area (Å²) in [5.74, 6) is 0.609. The van der Waals surface area contributed by atoms with Gasteiger partial charge in [-0.25, -0.2) is 4.98 Å². The molecule has 0 saturated heterocycles. The molecule has 0 radical (unpaired) electrons. The SMILES string of the molecule is CNC(c1c(C)ccnc1N)C1(OC)CCCC1. The van der Waals surface area contributed by atoms with E-state index in [4.69, 9.17) is 10.5 Å². The fourth-order valence-electron chi connectivity index (χ4n) is 3.22. The first kappa shape index (κ1) is 13.3. The monoisotopic (exact) mass is 249 g/mol. The number of ether oxygens (including phenoxy) is 1. The van der Waals surface area contributed by atoms with E-state index in [0.717, 1.165) is 18.4 Å². The van der Waals surface area contributed by atoms with Gasteiger partial charge in [-0.15, -0.1) is 0 Å². The van der Waals surface area contributed by atoms with Crippen molar-refractivity contribution < 1.29 is 4.74 Å². The number of rotatable bonds is 4. The molecule has 1 heterocycles. The van der Waals surface area contributed by atoms with Crippen LogP contribution in [0.5, 0.6) is 0 Å². The predicted octanol–water partition coefficient (Wildman–Crippen LogP) is 2.19. The van der Waals surface area contributed by atoms with Crippen molar-refractivity contribution in [2.24, 2.45) is 0 Å². The molecule has 0 spiro atoms. The highest BCUT2D eigenvalue weighted by Crippen LogP contribution is 2.44. The van der Waals surface area contributed by atoms with E-state index in [2.05, 4.69) is 17.2 Å². The summed E-state index contributed by atoms with van der Waals surface area (Å²) in [6.07, 6.45) is 6.33. The van der Waals surface area contributed by atoms with Crippen molar-refractivity contribution in [1.82, 2.24) is 10.3 Å². The molecule has 0 aromatic carbocycles. The molecular weight excluding hydrogens is 226 g/mol. The number of nitrogens with one attached hydrogen (secondary N) is 1. The molecule has 0 aliphatic heterocycles. The first-order valence-electron chi connectivity index (χ1n) is 6.58. The van der Waals surface area contributed by atoms with Gasteiger partial charge in [0.2, 0.25) is 0 Å². The maximum atomic E-state index is 6.07. The molecule has 1 aromatic rings. The van der Waals surface area contributed by atoms with Crippen LogP contribution in [0.25, 0.3) is 0 Å². The zero-order valence-corrected chi connectivity index (χ0v) is 11.5. The molecule has 1 aliphatic carbocycles. The van der Waals surface area contributed by atoms with Crippen molar-refractivity contribution in [2.45, 2.75) is 44.2 Å². The van der Waals surface area contributed by atoms with E-state index >= 15 is 0 Å². The number of methoxy groups -OCH3 is 1. The number of hydrogen-bond acceptors (Lipinski definition) is 4. The van der Waals surface area contributed by atoms with Gasteiger partial charge >= 0.3 is 0 Å². The summed E-state index contributed by atoms with van der Waals surface area (Å²) in [5.41, 5.74) is 8.19. The molecule has 4 nitrogen and oxygen atoms in total. The van der Waals surface area contributed by atoms with Crippen LogP contribution < -0.4 is 11.1 Å². The summed E-state index contributed by atoms with van der Waals surface area (Å²) in [4.78, 5) is 4.23. The second kappa shape index (κ2) is 5.24. The minimum absolute atomic E-state index is 0.110. The maximum absolute atomic E-state index is 6.07. The largest absolute Gasteiger partial charge is 0.383 e. The normalized spacial score (nSPS) is 19.9. The van der Waals surface area contributed by atoms with Gasteiger partial charge in [-0.2, -0.15) is 0 Å². The summed E-state index contributed by atoms with van der Waals surface area (Å²) < 4.78 is 5.87. The Morgan fingerprint density at radius 3 is 2.61 bits per heavy atom. The number of aromatic nitrogens is 1. The standard InChI is InChI=1S/C14H23N3O/c1-10-6-9-17-13(15)11(10)12(16-2)14(18-3)7-4-5-8-14/h6,9,12,16H,4-5,7-8H2,1-3H3,(H2,15,17). The van der Waals surface area contributed by atoms with Crippen molar-refractivity contribution in [3.8, 4) is 0 Å². The van der Waals surface area contributed by atoms with Crippen molar-refractivity contribution in [2.75, 3.05) is 19.9 Å². The fraction of sp³-hybridized carbons (Fsp3) is 0.643. The number of aryl methyl sites for hydroxylation is 1. The molecule has 1 unspecified atom stereocenters. The van der Waals surface area contributed by atoms with Crippen LogP contribution in [0.2, 0.25) is 0 Å². The van der Waals surface area contributed by atoms with Gasteiger partial charge in [0, 0.05) is 18.9 Å². The highest BCUT2D eigenvalue weighted by Gasteiger charge is 2.43. The Bertz CT molecular complexity index is 393. The molecule has 0 amide bonds. The third-order valence-corrected chi connectivity index (χ3v) is 4.20. The maximum Gasteiger partial charge on any atom is 0.128 e. The summed E-state index contributed by atoms with van der Waals surface area (Å²) in [6, 6.07) is 2.12. The number of pyridine rings is 1. The molecule has 3 N–H and O–H groups in total. The zero-order valence-electron chi connectivity index (χ0n) is 11.5. The molecule has 18 heavy (non-hydrogen) atoms. The second-order valence-corrected chi connectivity index (χ2v) is 5.12. The van der Waals surface area contributed by atoms with E-state index in [1.54, 1.807) is 13.3 Å². The van der Waals surface area contributed by atoms with Gasteiger partial charge in [0.05, 0.1) is 11.6 Å².